The van der Waals surface area contributed by atoms with Gasteiger partial charge in [0.15, 0.2) is 23.0 Å². The van der Waals surface area contributed by atoms with Gasteiger partial charge in [-0.3, -0.25) is 9.69 Å². The topological polar surface area (TPSA) is 146 Å². The molecule has 11 heteroatoms. The highest BCUT2D eigenvalue weighted by atomic mass is 16.5. The fourth-order valence-electron chi connectivity index (χ4n) is 7.41. The maximum absolute atomic E-state index is 13.6. The third-order valence-electron chi connectivity index (χ3n) is 9.29. The number of rotatable bonds is 7. The number of aromatic hydroxyl groups is 2. The van der Waals surface area contributed by atoms with Crippen molar-refractivity contribution in [2.45, 2.75) is 44.8 Å². The van der Waals surface area contributed by atoms with Crippen molar-refractivity contribution in [3.8, 4) is 40.6 Å². The van der Waals surface area contributed by atoms with Gasteiger partial charge >= 0.3 is 0 Å². The number of amides is 1. The van der Waals surface area contributed by atoms with Crippen LogP contribution in [0.15, 0.2) is 36.4 Å². The van der Waals surface area contributed by atoms with Gasteiger partial charge in [0, 0.05) is 57.8 Å². The number of ether oxygens (including phenoxy) is 4. The molecule has 238 valence electrons. The van der Waals surface area contributed by atoms with E-state index in [1.807, 2.05) is 35.2 Å². The van der Waals surface area contributed by atoms with E-state index < -0.39 is 24.0 Å². The average Bonchev–Trinajstić information content (AvgIpc) is 3.06. The van der Waals surface area contributed by atoms with E-state index in [1.54, 1.807) is 34.1 Å². The zero-order chi connectivity index (χ0) is 32.9. The third-order valence-corrected chi connectivity index (χ3v) is 9.29. The summed E-state index contributed by atoms with van der Waals surface area (Å²) in [6.45, 7) is 3.61. The second-order valence-electron chi connectivity index (χ2n) is 11.5. The van der Waals surface area contributed by atoms with Gasteiger partial charge < -0.3 is 34.5 Å². The maximum Gasteiger partial charge on any atom is 0.269 e. The van der Waals surface area contributed by atoms with Crippen LogP contribution in [0.2, 0.25) is 0 Å². The standard InChI is InChI=1S/C35H36N4O7/c1-17-31(43-3)21-13-20(15-36)39-25(27(21)29(40)33(17)45-5)14-22-28(30(41)34(46-6)18(2)32(22)44-4)26(39)16-37-35(42)24-12-11-19-9-7-8-10-23(19)38-24/h7-12,20,25-26,40-41H,13-14,16H2,1-6H3,(H,37,42)/t20-,25+,26+/m1/s1. The molecular formula is C35H36N4O7. The number of pyridine rings is 1. The molecule has 3 atom stereocenters. The number of carbonyl (C=O) groups excluding carboxylic acids is 1. The molecule has 1 amide bonds. The van der Waals surface area contributed by atoms with E-state index in [4.69, 9.17) is 18.9 Å². The zero-order valence-corrected chi connectivity index (χ0v) is 26.6. The van der Waals surface area contributed by atoms with Crippen molar-refractivity contribution in [1.82, 2.24) is 15.2 Å². The monoisotopic (exact) mass is 624 g/mol. The lowest BCUT2D eigenvalue weighted by Gasteiger charge is -2.49. The van der Waals surface area contributed by atoms with Crippen molar-refractivity contribution in [3.05, 3.63) is 75.5 Å². The van der Waals surface area contributed by atoms with E-state index in [9.17, 15) is 20.3 Å². The number of carbonyl (C=O) groups is 1. The summed E-state index contributed by atoms with van der Waals surface area (Å²) in [5, 5.41) is 37.9. The normalized spacial score (nSPS) is 18.5. The summed E-state index contributed by atoms with van der Waals surface area (Å²) in [5.41, 5.74) is 4.61. The van der Waals surface area contributed by atoms with E-state index in [0.717, 1.165) is 5.39 Å². The van der Waals surface area contributed by atoms with Gasteiger partial charge in [-0.2, -0.15) is 5.26 Å². The lowest BCUT2D eigenvalue weighted by atomic mass is 9.76. The highest BCUT2D eigenvalue weighted by Crippen LogP contribution is 2.58. The lowest BCUT2D eigenvalue weighted by molar-refractivity contribution is 0.0652. The van der Waals surface area contributed by atoms with Crippen LogP contribution in [0.5, 0.6) is 34.5 Å². The van der Waals surface area contributed by atoms with Crippen LogP contribution in [-0.2, 0) is 12.8 Å². The Hall–Kier alpha value is -5.21. The van der Waals surface area contributed by atoms with E-state index in [1.165, 1.54) is 14.2 Å². The molecule has 3 heterocycles. The van der Waals surface area contributed by atoms with Crippen LogP contribution < -0.4 is 24.3 Å². The first kappa shape index (κ1) is 30.8. The number of methoxy groups -OCH3 is 4. The molecule has 3 aromatic carbocycles. The Morgan fingerprint density at radius 3 is 2.09 bits per heavy atom. The molecule has 2 aliphatic heterocycles. The Labute approximate surface area is 266 Å². The molecule has 0 unspecified atom stereocenters. The van der Waals surface area contributed by atoms with Gasteiger partial charge in [0.1, 0.15) is 23.2 Å². The minimum absolute atomic E-state index is 0.00811. The molecule has 4 aromatic rings. The number of fused-ring (bicyclic) bond motifs is 5. The summed E-state index contributed by atoms with van der Waals surface area (Å²) in [7, 11) is 6.06. The molecule has 0 aliphatic carbocycles. The van der Waals surface area contributed by atoms with Crippen LogP contribution in [0, 0.1) is 25.2 Å². The number of hydrogen-bond donors (Lipinski definition) is 3. The van der Waals surface area contributed by atoms with Gasteiger partial charge in [0.2, 0.25) is 0 Å². The van der Waals surface area contributed by atoms with Crippen LogP contribution in [0.25, 0.3) is 10.9 Å². The number of aromatic nitrogens is 1. The number of para-hydroxylation sites is 1. The number of nitrogens with zero attached hydrogens (tertiary/aromatic N) is 3. The number of benzene rings is 3. The minimum Gasteiger partial charge on any atom is -0.504 e. The number of hydrogen-bond acceptors (Lipinski definition) is 10. The van der Waals surface area contributed by atoms with Crippen LogP contribution in [0.3, 0.4) is 0 Å². The maximum atomic E-state index is 13.6. The fourth-order valence-corrected chi connectivity index (χ4v) is 7.41. The van der Waals surface area contributed by atoms with Crippen molar-refractivity contribution in [2.24, 2.45) is 0 Å². The summed E-state index contributed by atoms with van der Waals surface area (Å²) in [4.78, 5) is 20.0. The molecule has 1 aromatic heterocycles. The molecule has 3 N–H and O–H groups in total. The van der Waals surface area contributed by atoms with Gasteiger partial charge in [-0.05, 0) is 32.4 Å². The Morgan fingerprint density at radius 2 is 1.48 bits per heavy atom. The summed E-state index contributed by atoms with van der Waals surface area (Å²) < 4.78 is 23.0. The molecule has 46 heavy (non-hydrogen) atoms. The SMILES string of the molecule is COc1c(C)c(OC)c2c(c1O)[C@H](CNC(=O)c1ccc3ccccc3n1)N1[C@@H](C#N)Cc3c(OC)c(C)c(OC)c(O)c3[C@@H]1C2. The van der Waals surface area contributed by atoms with Crippen molar-refractivity contribution in [2.75, 3.05) is 35.0 Å². The molecule has 11 nitrogen and oxygen atoms in total. The zero-order valence-electron chi connectivity index (χ0n) is 26.6. The van der Waals surface area contributed by atoms with E-state index in [0.29, 0.717) is 50.4 Å². The van der Waals surface area contributed by atoms with Crippen LogP contribution in [0.1, 0.15) is 56.0 Å². The molecule has 2 aliphatic rings. The molecule has 6 rings (SSSR count). The third kappa shape index (κ3) is 4.60. The summed E-state index contributed by atoms with van der Waals surface area (Å²) in [5.74, 6) is 1.04. The predicted octanol–water partition coefficient (Wildman–Crippen LogP) is 4.82. The smallest absolute Gasteiger partial charge is 0.269 e. The molecule has 0 saturated carbocycles. The highest BCUT2D eigenvalue weighted by Gasteiger charge is 2.49. The second kappa shape index (κ2) is 11.9. The van der Waals surface area contributed by atoms with E-state index in [2.05, 4.69) is 16.4 Å². The molecule has 0 spiro atoms. The van der Waals surface area contributed by atoms with Crippen molar-refractivity contribution in [3.63, 3.8) is 0 Å². The first-order valence-corrected chi connectivity index (χ1v) is 14.9. The second-order valence-corrected chi connectivity index (χ2v) is 11.5. The van der Waals surface area contributed by atoms with E-state index >= 15 is 0 Å². The highest BCUT2D eigenvalue weighted by molar-refractivity contribution is 5.95. The Balaban J connectivity index is 1.53. The summed E-state index contributed by atoms with van der Waals surface area (Å²) in [6.07, 6.45) is 0.512. The molecule has 0 radical (unpaired) electrons. The quantitative estimate of drug-likeness (QED) is 0.262. The number of nitrogens with one attached hydrogen (secondary N) is 1. The lowest BCUT2D eigenvalue weighted by Crippen LogP contribution is -2.51. The minimum atomic E-state index is -0.725. The first-order chi connectivity index (χ1) is 22.2. The number of phenolic OH excluding ortho intramolecular Hbond substituents is 2. The Morgan fingerprint density at radius 1 is 0.891 bits per heavy atom. The van der Waals surface area contributed by atoms with Gasteiger partial charge in [0.25, 0.3) is 5.91 Å². The Bertz CT molecular complexity index is 1920. The average molecular weight is 625 g/mol. The van der Waals surface area contributed by atoms with Gasteiger partial charge in [-0.1, -0.05) is 24.3 Å². The first-order valence-electron chi connectivity index (χ1n) is 14.9. The fraction of sp³-hybridized carbons (Fsp3) is 0.343. The molecule has 0 saturated heterocycles. The van der Waals surface area contributed by atoms with Gasteiger partial charge in [-0.15, -0.1) is 0 Å². The van der Waals surface area contributed by atoms with Crippen LogP contribution in [-0.4, -0.2) is 67.0 Å². The van der Waals surface area contributed by atoms with E-state index in [-0.39, 0.29) is 48.1 Å². The van der Waals surface area contributed by atoms with Crippen molar-refractivity contribution < 1.29 is 34.0 Å². The van der Waals surface area contributed by atoms with Crippen molar-refractivity contribution in [1.29, 1.82) is 5.26 Å². The van der Waals surface area contributed by atoms with Crippen molar-refractivity contribution >= 4 is 16.8 Å². The number of phenols is 2. The van der Waals surface area contributed by atoms with Crippen LogP contribution >= 0.6 is 0 Å². The largest absolute Gasteiger partial charge is 0.504 e. The number of nitriles is 1. The Kier molecular flexibility index (Phi) is 8.00. The van der Waals surface area contributed by atoms with Gasteiger partial charge in [0.05, 0.1) is 46.1 Å². The van der Waals surface area contributed by atoms with Crippen LogP contribution in [0.4, 0.5) is 0 Å². The summed E-state index contributed by atoms with van der Waals surface area (Å²) >= 11 is 0. The summed E-state index contributed by atoms with van der Waals surface area (Å²) in [6, 6.07) is 11.5. The molecule has 0 bridgehead atoms. The predicted molar refractivity (Wildman–Crippen MR) is 170 cm³/mol. The van der Waals surface area contributed by atoms with Gasteiger partial charge in [-0.25, -0.2) is 4.98 Å². The molecule has 0 fully saturated rings. The molecular weight excluding hydrogens is 588 g/mol.